The van der Waals surface area contributed by atoms with Crippen LogP contribution in [0.15, 0.2) is 83.9 Å². The largest absolute Gasteiger partial charge is 0.468 e. The highest BCUT2D eigenvalue weighted by molar-refractivity contribution is 7.90. The Kier molecular flexibility index (Phi) is 13.5. The number of likely N-dealkylation sites (tertiary alicyclic amines) is 1. The molecule has 1 amide bonds. The second kappa shape index (κ2) is 19.6. The number of nitro groups is 1. The number of hydrogen-bond acceptors (Lipinski definition) is 13. The highest BCUT2D eigenvalue weighted by atomic mass is 32.2. The standard InChI is InChI=1S/C59H76N8O8S/c1-37(2)42-12-8-9-13-43(42)46-14-10-11-28-65(46)55-56(3,4)59(57(55,5)6)25-29-64(30-26-59)40-15-17-44(48(33-40)66-47-22-31-74-36-51(47)75-54-50(66)32-39-21-27-60-52(39)62-54)53(68)63-76(72,73)41-16-18-45(49(34-41)67(70)71)61-35-38-19-23-58(7,69)24-20-38/h8-9,12-13,15-18,21,27,32-34,37-38,46-47,51,55,61,69H,10-11,14,19-20,22-26,28-31,35-36H2,1-7H3,(H,60,62)(H,63,68)/t38?,46-,47-,51-,58?/m0/s1. The van der Waals surface area contributed by atoms with E-state index >= 15 is 0 Å². The molecule has 11 rings (SSSR count). The van der Waals surface area contributed by atoms with Gasteiger partial charge in [0.1, 0.15) is 23.1 Å². The second-order valence-corrected chi connectivity index (χ2v) is 26.2. The number of carbonyl (C=O) groups is 1. The number of pyridine rings is 1. The summed E-state index contributed by atoms with van der Waals surface area (Å²) in [6.45, 7) is 20.4. The van der Waals surface area contributed by atoms with Gasteiger partial charge in [-0.2, -0.15) is 4.98 Å². The van der Waals surface area contributed by atoms with Gasteiger partial charge in [-0.25, -0.2) is 13.1 Å². The van der Waals surface area contributed by atoms with Gasteiger partial charge in [0.05, 0.1) is 39.3 Å². The van der Waals surface area contributed by atoms with Crippen molar-refractivity contribution in [2.45, 2.75) is 153 Å². The average molecular weight is 1060 g/mol. The molecule has 0 bridgehead atoms. The molecule has 2 saturated carbocycles. The lowest BCUT2D eigenvalue weighted by molar-refractivity contribution is -0.384. The lowest BCUT2D eigenvalue weighted by Crippen LogP contribution is -2.78. The van der Waals surface area contributed by atoms with E-state index in [9.17, 15) is 28.4 Å². The van der Waals surface area contributed by atoms with E-state index < -0.39 is 43.1 Å². The molecule has 4 N–H and O–H groups in total. The van der Waals surface area contributed by atoms with E-state index in [4.69, 9.17) is 14.5 Å². The molecule has 0 unspecified atom stereocenters. The fraction of sp³-hybridized carbons (Fsp3) is 0.559. The molecule has 0 radical (unpaired) electrons. The molecule has 16 nitrogen and oxygen atoms in total. The zero-order valence-corrected chi connectivity index (χ0v) is 46.0. The van der Waals surface area contributed by atoms with Crippen molar-refractivity contribution in [1.82, 2.24) is 19.6 Å². The lowest BCUT2D eigenvalue weighted by Gasteiger charge is -2.77. The summed E-state index contributed by atoms with van der Waals surface area (Å²) < 4.78 is 43.4. The predicted molar refractivity (Wildman–Crippen MR) is 296 cm³/mol. The number of aromatic nitrogens is 2. The average Bonchev–Trinajstić information content (AvgIpc) is 3.94. The van der Waals surface area contributed by atoms with Gasteiger partial charge < -0.3 is 34.7 Å². The summed E-state index contributed by atoms with van der Waals surface area (Å²) in [5.74, 6) is 0.144. The van der Waals surface area contributed by atoms with Gasteiger partial charge in [-0.3, -0.25) is 19.8 Å². The molecular weight excluding hydrogens is 981 g/mol. The number of anilines is 4. The molecule has 1 spiro atoms. The van der Waals surface area contributed by atoms with Crippen LogP contribution in [-0.2, 0) is 14.8 Å². The molecule has 406 valence electrons. The highest BCUT2D eigenvalue weighted by Crippen LogP contribution is 2.74. The molecule has 6 heterocycles. The van der Waals surface area contributed by atoms with Crippen LogP contribution < -0.4 is 24.6 Å². The number of H-pyrrole nitrogens is 1. The number of benzene rings is 3. The zero-order chi connectivity index (χ0) is 53.5. The minimum absolute atomic E-state index is 0.0337. The zero-order valence-electron chi connectivity index (χ0n) is 45.2. The van der Waals surface area contributed by atoms with Crippen molar-refractivity contribution < 1.29 is 32.7 Å². The van der Waals surface area contributed by atoms with Gasteiger partial charge in [0.15, 0.2) is 0 Å². The Morgan fingerprint density at radius 1 is 0.908 bits per heavy atom. The van der Waals surface area contributed by atoms with E-state index in [0.29, 0.717) is 79.9 Å². The third kappa shape index (κ3) is 8.99. The number of aromatic amines is 1. The number of amides is 1. The number of sulfonamides is 1. The summed E-state index contributed by atoms with van der Waals surface area (Å²) in [5, 5.41) is 26.9. The van der Waals surface area contributed by atoms with E-state index in [1.807, 2.05) is 37.4 Å². The Bertz CT molecular complexity index is 3120. The summed E-state index contributed by atoms with van der Waals surface area (Å²) >= 11 is 0. The Balaban J connectivity index is 0.900. The van der Waals surface area contributed by atoms with Gasteiger partial charge >= 0.3 is 0 Å². The number of hydrogen-bond donors (Lipinski definition) is 4. The van der Waals surface area contributed by atoms with Crippen molar-refractivity contribution in [1.29, 1.82) is 0 Å². The van der Waals surface area contributed by atoms with E-state index in [0.717, 1.165) is 62.5 Å². The number of rotatable bonds is 12. The maximum Gasteiger partial charge on any atom is 0.293 e. The number of carbonyl (C=O) groups excluding carboxylic acids is 1. The van der Waals surface area contributed by atoms with Gasteiger partial charge in [-0.1, -0.05) is 72.2 Å². The quantitative estimate of drug-likeness (QED) is 0.0681. The number of nitrogens with zero attached hydrogens (tertiary/aromatic N) is 5. The molecule has 4 aliphatic heterocycles. The summed E-state index contributed by atoms with van der Waals surface area (Å²) in [6.07, 6.45) is 10.3. The first-order valence-electron chi connectivity index (χ1n) is 27.8. The molecule has 3 saturated heterocycles. The number of ether oxygens (including phenoxy) is 2. The second-order valence-electron chi connectivity index (χ2n) is 24.5. The Morgan fingerprint density at radius 2 is 1.66 bits per heavy atom. The van der Waals surface area contributed by atoms with Crippen molar-refractivity contribution >= 4 is 55.4 Å². The third-order valence-corrected chi connectivity index (χ3v) is 20.6. The SMILES string of the molecule is CC(C)c1ccccc1[C@@H]1CCCCN1C1C(C)(C)C2(CCN(c3ccc(C(=O)NS(=O)(=O)c4ccc(NCC5CCC(C)(O)CC5)c([N+](=O)[O-])c4)c(N4c5cc6cc[nH]c6nc5O[C@H]5COCC[C@@H]54)c3)CC2)C1(C)C. The van der Waals surface area contributed by atoms with Crippen LogP contribution in [0.3, 0.4) is 0 Å². The third-order valence-electron chi connectivity index (χ3n) is 19.2. The summed E-state index contributed by atoms with van der Waals surface area (Å²) in [7, 11) is -4.64. The summed E-state index contributed by atoms with van der Waals surface area (Å²) in [4.78, 5) is 41.7. The van der Waals surface area contributed by atoms with Crippen molar-refractivity contribution in [3.63, 3.8) is 0 Å². The monoisotopic (exact) mass is 1060 g/mol. The van der Waals surface area contributed by atoms with E-state index in [-0.39, 0.29) is 39.5 Å². The Hall–Kier alpha value is -5.75. The van der Waals surface area contributed by atoms with E-state index in [1.165, 1.54) is 42.5 Å². The van der Waals surface area contributed by atoms with Gasteiger partial charge in [0.25, 0.3) is 21.6 Å². The summed E-state index contributed by atoms with van der Waals surface area (Å²) in [6, 6.07) is 22.9. The van der Waals surface area contributed by atoms with Crippen molar-refractivity contribution in [3.05, 3.63) is 106 Å². The molecule has 5 fully saturated rings. The number of nitrogens with one attached hydrogen (secondary N) is 3. The van der Waals surface area contributed by atoms with Crippen LogP contribution in [0, 0.1) is 32.3 Å². The van der Waals surface area contributed by atoms with Gasteiger partial charge in [0, 0.05) is 61.7 Å². The number of piperidine rings is 2. The van der Waals surface area contributed by atoms with Crippen molar-refractivity contribution in [2.75, 3.05) is 54.5 Å². The van der Waals surface area contributed by atoms with Crippen LogP contribution in [0.4, 0.5) is 28.4 Å². The van der Waals surface area contributed by atoms with Crippen LogP contribution >= 0.6 is 0 Å². The van der Waals surface area contributed by atoms with Gasteiger partial charge in [-0.05, 0) is 153 Å². The normalized spacial score (nSPS) is 26.3. The minimum Gasteiger partial charge on any atom is -0.468 e. The van der Waals surface area contributed by atoms with E-state index in [1.54, 1.807) is 6.07 Å². The van der Waals surface area contributed by atoms with Crippen LogP contribution in [0.1, 0.15) is 146 Å². The molecule has 17 heteroatoms. The Labute approximate surface area is 447 Å². The fourth-order valence-corrected chi connectivity index (χ4v) is 16.4. The smallest absolute Gasteiger partial charge is 0.293 e. The predicted octanol–water partition coefficient (Wildman–Crippen LogP) is 11.0. The van der Waals surface area contributed by atoms with Crippen molar-refractivity contribution in [2.24, 2.45) is 22.2 Å². The molecular formula is C59H76N8O8S. The molecule has 76 heavy (non-hydrogen) atoms. The number of fused-ring (bicyclic) bond motifs is 3. The molecule has 2 aliphatic carbocycles. The first kappa shape index (κ1) is 52.3. The van der Waals surface area contributed by atoms with Crippen LogP contribution in [-0.4, -0.2) is 102 Å². The topological polar surface area (TPSA) is 196 Å². The molecule has 3 atom stereocenters. The maximum absolute atomic E-state index is 14.9. The maximum atomic E-state index is 14.9. The van der Waals surface area contributed by atoms with E-state index in [2.05, 4.69) is 95.5 Å². The lowest BCUT2D eigenvalue weighted by atomic mass is 9.32. The molecule has 3 aromatic carbocycles. The van der Waals surface area contributed by atoms with Crippen LogP contribution in [0.25, 0.3) is 11.0 Å². The molecule has 6 aliphatic rings. The minimum atomic E-state index is -4.64. The Morgan fingerprint density at radius 3 is 2.39 bits per heavy atom. The first-order valence-corrected chi connectivity index (χ1v) is 29.3. The number of nitro benzene ring substituents is 1. The number of aliphatic hydroxyl groups is 1. The van der Waals surface area contributed by atoms with Gasteiger partial charge in [0.2, 0.25) is 5.88 Å². The fourth-order valence-electron chi connectivity index (χ4n) is 15.4. The van der Waals surface area contributed by atoms with Crippen LogP contribution in [0.2, 0.25) is 0 Å². The molecule has 2 aromatic heterocycles. The first-order chi connectivity index (χ1) is 36.2. The highest BCUT2D eigenvalue weighted by Gasteiger charge is 2.73. The summed E-state index contributed by atoms with van der Waals surface area (Å²) in [5.41, 5.74) is 4.96. The van der Waals surface area contributed by atoms with Crippen molar-refractivity contribution in [3.8, 4) is 5.88 Å². The molecule has 5 aromatic rings. The van der Waals surface area contributed by atoms with Crippen LogP contribution in [0.5, 0.6) is 5.88 Å². The van der Waals surface area contributed by atoms with Gasteiger partial charge in [-0.15, -0.1) is 0 Å².